The van der Waals surface area contributed by atoms with Crippen LogP contribution in [-0.2, 0) is 28.6 Å². The molecule has 1 fully saturated rings. The summed E-state index contributed by atoms with van der Waals surface area (Å²) in [6.07, 6.45) is 11.9. The van der Waals surface area contributed by atoms with Gasteiger partial charge in [0.25, 0.3) is 0 Å². The highest BCUT2D eigenvalue weighted by atomic mass is 16.6. The molecule has 0 radical (unpaired) electrons. The van der Waals surface area contributed by atoms with E-state index in [0.717, 1.165) is 51.4 Å². The minimum atomic E-state index is -1.13. The number of rotatable bonds is 16. The average molecular weight is 609 g/mol. The fourth-order valence-corrected chi connectivity index (χ4v) is 6.38. The molecule has 1 rings (SSSR count). The highest BCUT2D eigenvalue weighted by Gasteiger charge is 2.52. The molecule has 0 N–H and O–H groups in total. The second-order valence-electron chi connectivity index (χ2n) is 16.3. The highest BCUT2D eigenvalue weighted by Crippen LogP contribution is 2.48. The first-order valence-electron chi connectivity index (χ1n) is 17.3. The van der Waals surface area contributed by atoms with Crippen molar-refractivity contribution in [2.75, 3.05) is 0 Å². The first kappa shape index (κ1) is 39.4. The van der Waals surface area contributed by atoms with Crippen molar-refractivity contribution in [1.82, 2.24) is 0 Å². The molecule has 0 saturated heterocycles. The third-order valence-electron chi connectivity index (χ3n) is 10.4. The standard InChI is InChI=1S/C37H68O6/c1-14-17-23-33(8,9)41-29(38)32(6,7)26-36(13,31(40)42-34(10,11)28(4)5)27-35(12,15-2)30(39)43-37(16-3)24-21-19-18-20-22-25-37/h28H,14-27H2,1-13H3. The molecule has 0 heterocycles. The van der Waals surface area contributed by atoms with Gasteiger partial charge in [0.1, 0.15) is 16.8 Å². The lowest BCUT2D eigenvalue weighted by Crippen LogP contribution is -2.49. The predicted molar refractivity (Wildman–Crippen MR) is 176 cm³/mol. The molecular weight excluding hydrogens is 540 g/mol. The van der Waals surface area contributed by atoms with Crippen molar-refractivity contribution >= 4 is 17.9 Å². The third kappa shape index (κ3) is 11.4. The van der Waals surface area contributed by atoms with Crippen molar-refractivity contribution in [3.05, 3.63) is 0 Å². The van der Waals surface area contributed by atoms with Crippen LogP contribution in [0, 0.1) is 22.2 Å². The van der Waals surface area contributed by atoms with Gasteiger partial charge >= 0.3 is 17.9 Å². The normalized spacial score (nSPS) is 19.4. The van der Waals surface area contributed by atoms with Crippen molar-refractivity contribution in [1.29, 1.82) is 0 Å². The van der Waals surface area contributed by atoms with Crippen LogP contribution in [0.25, 0.3) is 0 Å². The fourth-order valence-electron chi connectivity index (χ4n) is 6.38. The van der Waals surface area contributed by atoms with Crippen LogP contribution in [0.1, 0.15) is 180 Å². The third-order valence-corrected chi connectivity index (χ3v) is 10.4. The van der Waals surface area contributed by atoms with Crippen molar-refractivity contribution in [2.45, 2.75) is 197 Å². The van der Waals surface area contributed by atoms with Crippen molar-refractivity contribution < 1.29 is 28.6 Å². The maximum atomic E-state index is 14.2. The van der Waals surface area contributed by atoms with E-state index in [4.69, 9.17) is 14.2 Å². The van der Waals surface area contributed by atoms with Crippen molar-refractivity contribution in [3.8, 4) is 0 Å². The van der Waals surface area contributed by atoms with Crippen molar-refractivity contribution in [2.24, 2.45) is 22.2 Å². The molecule has 2 unspecified atom stereocenters. The Morgan fingerprint density at radius 2 is 1.23 bits per heavy atom. The Hall–Kier alpha value is -1.59. The lowest BCUT2D eigenvalue weighted by molar-refractivity contribution is -0.186. The van der Waals surface area contributed by atoms with Gasteiger partial charge in [-0.3, -0.25) is 14.4 Å². The zero-order chi connectivity index (χ0) is 33.3. The predicted octanol–water partition coefficient (Wildman–Crippen LogP) is 10.1. The lowest BCUT2D eigenvalue weighted by Gasteiger charge is -2.44. The van der Waals surface area contributed by atoms with Gasteiger partial charge < -0.3 is 14.2 Å². The second-order valence-corrected chi connectivity index (χ2v) is 16.3. The lowest BCUT2D eigenvalue weighted by atomic mass is 9.65. The van der Waals surface area contributed by atoms with Gasteiger partial charge in [-0.15, -0.1) is 0 Å². The smallest absolute Gasteiger partial charge is 0.312 e. The van der Waals surface area contributed by atoms with Crippen molar-refractivity contribution in [3.63, 3.8) is 0 Å². The Bertz CT molecular complexity index is 908. The Kier molecular flexibility index (Phi) is 14.3. The number of unbranched alkanes of at least 4 members (excludes halogenated alkanes) is 1. The van der Waals surface area contributed by atoms with Gasteiger partial charge in [0, 0.05) is 0 Å². The summed E-state index contributed by atoms with van der Waals surface area (Å²) in [7, 11) is 0. The molecule has 0 aromatic carbocycles. The maximum absolute atomic E-state index is 14.2. The topological polar surface area (TPSA) is 78.9 Å². The Labute approximate surface area is 265 Å². The molecule has 252 valence electrons. The average Bonchev–Trinajstić information content (AvgIpc) is 2.88. The Morgan fingerprint density at radius 1 is 0.698 bits per heavy atom. The molecule has 0 aromatic rings. The quantitative estimate of drug-likeness (QED) is 0.128. The molecular formula is C37H68O6. The molecule has 0 aliphatic heterocycles. The van der Waals surface area contributed by atoms with E-state index in [1.54, 1.807) is 0 Å². The SMILES string of the molecule is CCCCC(C)(C)OC(=O)C(C)(C)CC(C)(CC(C)(CC)C(=O)OC1(CC)CCCCCCC1)C(=O)OC(C)(C)C(C)C. The van der Waals surface area contributed by atoms with E-state index in [1.165, 1.54) is 19.3 Å². The molecule has 0 bridgehead atoms. The molecule has 6 nitrogen and oxygen atoms in total. The summed E-state index contributed by atoms with van der Waals surface area (Å²) in [6.45, 7) is 25.4. The van der Waals surface area contributed by atoms with Crippen LogP contribution in [-0.4, -0.2) is 34.7 Å². The Morgan fingerprint density at radius 3 is 1.70 bits per heavy atom. The van der Waals surface area contributed by atoms with Gasteiger partial charge in [-0.1, -0.05) is 60.3 Å². The maximum Gasteiger partial charge on any atom is 0.312 e. The van der Waals surface area contributed by atoms with Gasteiger partial charge in [-0.25, -0.2) is 0 Å². The minimum absolute atomic E-state index is 0.0873. The zero-order valence-corrected chi connectivity index (χ0v) is 30.4. The summed E-state index contributed by atoms with van der Waals surface area (Å²) in [5.41, 5.74) is -4.82. The summed E-state index contributed by atoms with van der Waals surface area (Å²) in [4.78, 5) is 42.0. The minimum Gasteiger partial charge on any atom is -0.459 e. The first-order valence-corrected chi connectivity index (χ1v) is 17.3. The number of ether oxygens (including phenoxy) is 3. The van der Waals surface area contributed by atoms with E-state index in [0.29, 0.717) is 6.42 Å². The molecule has 6 heteroatoms. The molecule has 1 aliphatic carbocycles. The van der Waals surface area contributed by atoms with E-state index in [-0.39, 0.29) is 36.7 Å². The van der Waals surface area contributed by atoms with Crippen LogP contribution in [0.2, 0.25) is 0 Å². The van der Waals surface area contributed by atoms with Crippen LogP contribution >= 0.6 is 0 Å². The largest absolute Gasteiger partial charge is 0.459 e. The summed E-state index contributed by atoms with van der Waals surface area (Å²) in [5.74, 6) is -0.887. The van der Waals surface area contributed by atoms with Crippen LogP contribution in [0.3, 0.4) is 0 Å². The molecule has 1 aliphatic rings. The number of carbonyl (C=O) groups excluding carboxylic acids is 3. The van der Waals surface area contributed by atoms with Crippen LogP contribution in [0.4, 0.5) is 0 Å². The molecule has 1 saturated carbocycles. The van der Waals surface area contributed by atoms with Gasteiger partial charge in [-0.05, 0) is 126 Å². The summed E-state index contributed by atoms with van der Waals surface area (Å²) < 4.78 is 18.7. The summed E-state index contributed by atoms with van der Waals surface area (Å²) >= 11 is 0. The van der Waals surface area contributed by atoms with E-state index in [9.17, 15) is 14.4 Å². The van der Waals surface area contributed by atoms with Crippen LogP contribution in [0.5, 0.6) is 0 Å². The fraction of sp³-hybridized carbons (Fsp3) is 0.919. The Balaban J connectivity index is 3.44. The van der Waals surface area contributed by atoms with Crippen LogP contribution < -0.4 is 0 Å². The van der Waals surface area contributed by atoms with E-state index in [1.807, 2.05) is 76.2 Å². The van der Waals surface area contributed by atoms with E-state index < -0.39 is 33.0 Å². The number of hydrogen-bond acceptors (Lipinski definition) is 6. The van der Waals surface area contributed by atoms with Crippen LogP contribution in [0.15, 0.2) is 0 Å². The number of esters is 3. The van der Waals surface area contributed by atoms with Gasteiger partial charge in [-0.2, -0.15) is 0 Å². The molecule has 0 aromatic heterocycles. The van der Waals surface area contributed by atoms with E-state index >= 15 is 0 Å². The first-order chi connectivity index (χ1) is 19.6. The number of hydrogen-bond donors (Lipinski definition) is 0. The van der Waals surface area contributed by atoms with E-state index in [2.05, 4.69) is 13.8 Å². The summed E-state index contributed by atoms with van der Waals surface area (Å²) in [5, 5.41) is 0. The molecule has 43 heavy (non-hydrogen) atoms. The van der Waals surface area contributed by atoms with Gasteiger partial charge in [0.15, 0.2) is 0 Å². The molecule has 0 amide bonds. The number of carbonyl (C=O) groups is 3. The molecule has 0 spiro atoms. The van der Waals surface area contributed by atoms with Gasteiger partial charge in [0.2, 0.25) is 0 Å². The monoisotopic (exact) mass is 609 g/mol. The second kappa shape index (κ2) is 15.6. The highest BCUT2D eigenvalue weighted by molar-refractivity contribution is 5.83. The zero-order valence-electron chi connectivity index (χ0n) is 30.4. The summed E-state index contributed by atoms with van der Waals surface area (Å²) in [6, 6.07) is 0. The molecule has 2 atom stereocenters. The van der Waals surface area contributed by atoms with Gasteiger partial charge in [0.05, 0.1) is 16.2 Å².